The Labute approximate surface area is 144 Å². The lowest BCUT2D eigenvalue weighted by Gasteiger charge is -2.21. The molecule has 0 saturated heterocycles. The number of hydrogen-bond donors (Lipinski definition) is 0. The molecule has 1 aromatic carbocycles. The van der Waals surface area contributed by atoms with Gasteiger partial charge in [0.25, 0.3) is 10.0 Å². The van der Waals surface area contributed by atoms with E-state index in [2.05, 4.69) is 10.3 Å². The molecule has 1 saturated carbocycles. The van der Waals surface area contributed by atoms with Crippen molar-refractivity contribution in [3.8, 4) is 0 Å². The summed E-state index contributed by atoms with van der Waals surface area (Å²) < 4.78 is 30.8. The van der Waals surface area contributed by atoms with Crippen molar-refractivity contribution < 1.29 is 22.7 Å². The first-order chi connectivity index (χ1) is 11.8. The summed E-state index contributed by atoms with van der Waals surface area (Å²) >= 11 is 0. The van der Waals surface area contributed by atoms with Crippen molar-refractivity contribution in [2.24, 2.45) is 0 Å². The Hall–Kier alpha value is -2.55. The third-order valence-corrected chi connectivity index (χ3v) is 5.98. The van der Waals surface area contributed by atoms with Gasteiger partial charge in [-0.15, -0.1) is 9.19 Å². The molecule has 1 fully saturated rings. The van der Waals surface area contributed by atoms with E-state index in [1.54, 1.807) is 12.1 Å². The van der Waals surface area contributed by atoms with Crippen molar-refractivity contribution in [2.45, 2.75) is 36.5 Å². The molecule has 0 aliphatic heterocycles. The standard InChI is InChI=1S/C16H17N3O5S/c1-11-5-7-12(8-6-11)25(22,23)19-10-13(17-18-19)16(15(21)24-2)9-3-4-14(16)20/h5-8,10H,3-4,9H2,1-2H3. The second-order valence-corrected chi connectivity index (χ2v) is 7.76. The smallest absolute Gasteiger partial charge is 0.325 e. The minimum Gasteiger partial charge on any atom is -0.468 e. The zero-order chi connectivity index (χ0) is 18.2. The predicted molar refractivity (Wildman–Crippen MR) is 86.3 cm³/mol. The minimum absolute atomic E-state index is 0.00228. The normalized spacial score (nSPS) is 20.6. The van der Waals surface area contributed by atoms with Gasteiger partial charge in [-0.1, -0.05) is 22.9 Å². The predicted octanol–water partition coefficient (Wildman–Crippen LogP) is 0.987. The number of ketones is 1. The molecule has 2 aromatic rings. The highest BCUT2D eigenvalue weighted by Gasteiger charge is 2.53. The highest BCUT2D eigenvalue weighted by atomic mass is 32.2. The maximum atomic E-state index is 12.7. The molecule has 132 valence electrons. The molecule has 1 aromatic heterocycles. The lowest BCUT2D eigenvalue weighted by Crippen LogP contribution is -2.41. The van der Waals surface area contributed by atoms with E-state index in [0.717, 1.165) is 11.8 Å². The zero-order valence-corrected chi connectivity index (χ0v) is 14.6. The monoisotopic (exact) mass is 363 g/mol. The van der Waals surface area contributed by atoms with E-state index in [9.17, 15) is 18.0 Å². The first-order valence-corrected chi connectivity index (χ1v) is 9.13. The van der Waals surface area contributed by atoms with Crippen LogP contribution in [0.25, 0.3) is 0 Å². The van der Waals surface area contributed by atoms with Gasteiger partial charge in [-0.3, -0.25) is 9.59 Å². The second kappa shape index (κ2) is 6.07. The maximum absolute atomic E-state index is 12.7. The van der Waals surface area contributed by atoms with Crippen LogP contribution in [0.15, 0.2) is 35.4 Å². The summed E-state index contributed by atoms with van der Waals surface area (Å²) in [5.41, 5.74) is -0.660. The first-order valence-electron chi connectivity index (χ1n) is 7.69. The average Bonchev–Trinajstić information content (AvgIpc) is 3.22. The highest BCUT2D eigenvalue weighted by molar-refractivity contribution is 7.89. The number of rotatable bonds is 4. The van der Waals surface area contributed by atoms with Gasteiger partial charge in [-0.2, -0.15) is 8.42 Å². The van der Waals surface area contributed by atoms with Crippen molar-refractivity contribution in [3.05, 3.63) is 41.7 Å². The van der Waals surface area contributed by atoms with Crippen LogP contribution >= 0.6 is 0 Å². The third-order valence-electron chi connectivity index (χ3n) is 4.44. The van der Waals surface area contributed by atoms with Gasteiger partial charge in [0.05, 0.1) is 18.2 Å². The molecule has 1 atom stereocenters. The molecule has 0 spiro atoms. The number of aryl methyl sites for hydroxylation is 1. The molecule has 0 N–H and O–H groups in total. The fourth-order valence-corrected chi connectivity index (χ4v) is 4.08. The van der Waals surface area contributed by atoms with Crippen LogP contribution in [0.5, 0.6) is 0 Å². The quantitative estimate of drug-likeness (QED) is 0.588. The molecule has 8 nitrogen and oxygen atoms in total. The SMILES string of the molecule is COC(=O)C1(c2cn(S(=O)(=O)c3ccc(C)cc3)nn2)CCCC1=O. The van der Waals surface area contributed by atoms with E-state index >= 15 is 0 Å². The Balaban J connectivity index is 2.06. The fourth-order valence-electron chi connectivity index (χ4n) is 3.01. The maximum Gasteiger partial charge on any atom is 0.325 e. The van der Waals surface area contributed by atoms with Crippen LogP contribution in [0.1, 0.15) is 30.5 Å². The molecule has 9 heteroatoms. The fraction of sp³-hybridized carbons (Fsp3) is 0.375. The third kappa shape index (κ3) is 2.64. The van der Waals surface area contributed by atoms with E-state index in [1.165, 1.54) is 19.2 Å². The van der Waals surface area contributed by atoms with E-state index in [0.29, 0.717) is 10.5 Å². The van der Waals surface area contributed by atoms with Crippen LogP contribution < -0.4 is 0 Å². The van der Waals surface area contributed by atoms with Gasteiger partial charge < -0.3 is 4.74 Å². The summed E-state index contributed by atoms with van der Waals surface area (Å²) in [5.74, 6) is -1.08. The van der Waals surface area contributed by atoms with Crippen molar-refractivity contribution in [1.82, 2.24) is 14.4 Å². The molecule has 1 aliphatic rings. The summed E-state index contributed by atoms with van der Waals surface area (Å²) in [6.07, 6.45) is 2.06. The number of nitrogens with zero attached hydrogens (tertiary/aromatic N) is 3. The van der Waals surface area contributed by atoms with Crippen LogP contribution in [0.4, 0.5) is 0 Å². The van der Waals surface area contributed by atoms with Gasteiger partial charge in [0, 0.05) is 6.42 Å². The Morgan fingerprint density at radius 2 is 1.96 bits per heavy atom. The molecular weight excluding hydrogens is 346 g/mol. The van der Waals surface area contributed by atoms with Crippen LogP contribution in [-0.2, 0) is 29.8 Å². The van der Waals surface area contributed by atoms with Gasteiger partial charge >= 0.3 is 5.97 Å². The summed E-state index contributed by atoms with van der Waals surface area (Å²) in [6, 6.07) is 6.26. The molecule has 1 unspecified atom stereocenters. The van der Waals surface area contributed by atoms with Gasteiger partial charge in [0.2, 0.25) is 0 Å². The number of ether oxygens (including phenoxy) is 1. The number of methoxy groups -OCH3 is 1. The van der Waals surface area contributed by atoms with Crippen LogP contribution in [0.3, 0.4) is 0 Å². The van der Waals surface area contributed by atoms with Crippen LogP contribution in [0.2, 0.25) is 0 Å². The van der Waals surface area contributed by atoms with Crippen molar-refractivity contribution in [2.75, 3.05) is 7.11 Å². The summed E-state index contributed by atoms with van der Waals surface area (Å²) in [5, 5.41) is 7.46. The van der Waals surface area contributed by atoms with Gasteiger partial charge in [0.15, 0.2) is 11.2 Å². The molecule has 25 heavy (non-hydrogen) atoms. The molecule has 0 amide bonds. The van der Waals surface area contributed by atoms with Crippen molar-refractivity contribution in [1.29, 1.82) is 0 Å². The Bertz CT molecular complexity index is 933. The van der Waals surface area contributed by atoms with Gasteiger partial charge in [-0.05, 0) is 31.9 Å². The molecular formula is C16H17N3O5S. The largest absolute Gasteiger partial charge is 0.468 e. The Morgan fingerprint density at radius 1 is 1.28 bits per heavy atom. The zero-order valence-electron chi connectivity index (χ0n) is 13.8. The number of esters is 1. The number of hydrogen-bond acceptors (Lipinski definition) is 7. The van der Waals surface area contributed by atoms with Crippen LogP contribution in [0, 0.1) is 6.92 Å². The van der Waals surface area contributed by atoms with Gasteiger partial charge in [0.1, 0.15) is 5.69 Å². The summed E-state index contributed by atoms with van der Waals surface area (Å²) in [6.45, 7) is 1.84. The van der Waals surface area contributed by atoms with E-state index in [4.69, 9.17) is 4.74 Å². The molecule has 1 heterocycles. The topological polar surface area (TPSA) is 108 Å². The average molecular weight is 363 g/mol. The van der Waals surface area contributed by atoms with E-state index in [1.807, 2.05) is 6.92 Å². The molecule has 0 radical (unpaired) electrons. The van der Waals surface area contributed by atoms with Crippen molar-refractivity contribution in [3.63, 3.8) is 0 Å². The lowest BCUT2D eigenvalue weighted by molar-refractivity contribution is -0.151. The lowest BCUT2D eigenvalue weighted by atomic mass is 9.82. The molecule has 0 bridgehead atoms. The first kappa shape index (κ1) is 17.3. The Morgan fingerprint density at radius 3 is 2.52 bits per heavy atom. The van der Waals surface area contributed by atoms with Crippen molar-refractivity contribution >= 4 is 21.8 Å². The number of Topliss-reactive ketones (excluding diaryl/α,β-unsaturated/α-hetero) is 1. The van der Waals surface area contributed by atoms with Crippen LogP contribution in [-0.4, -0.2) is 41.7 Å². The second-order valence-electron chi connectivity index (χ2n) is 5.97. The number of carbonyl (C=O) groups excluding carboxylic acids is 2. The summed E-state index contributed by atoms with van der Waals surface area (Å²) in [4.78, 5) is 24.6. The molecule has 3 rings (SSSR count). The highest BCUT2D eigenvalue weighted by Crippen LogP contribution is 2.38. The van der Waals surface area contributed by atoms with E-state index < -0.39 is 21.4 Å². The number of carbonyl (C=O) groups is 2. The minimum atomic E-state index is -3.96. The number of aromatic nitrogens is 3. The summed E-state index contributed by atoms with van der Waals surface area (Å²) in [7, 11) is -2.78. The van der Waals surface area contributed by atoms with Gasteiger partial charge in [-0.25, -0.2) is 0 Å². The van der Waals surface area contributed by atoms with E-state index in [-0.39, 0.29) is 29.2 Å². The Kier molecular flexibility index (Phi) is 4.19. The molecule has 1 aliphatic carbocycles. The number of benzene rings is 1.